The average Bonchev–Trinajstić information content (AvgIpc) is 2.25. The van der Waals surface area contributed by atoms with Gasteiger partial charge >= 0.3 is 0 Å². The van der Waals surface area contributed by atoms with Crippen molar-refractivity contribution in [3.8, 4) is 0 Å². The Kier molecular flexibility index (Phi) is 5.11. The zero-order valence-electron chi connectivity index (χ0n) is 11.1. The molecule has 1 rings (SSSR count). The van der Waals surface area contributed by atoms with Gasteiger partial charge in [0, 0.05) is 0 Å². The Morgan fingerprint density at radius 1 is 1.33 bits per heavy atom. The lowest BCUT2D eigenvalue weighted by atomic mass is 9.92. The molecule has 18 heavy (non-hydrogen) atoms. The maximum Gasteiger partial charge on any atom is 0.264 e. The summed E-state index contributed by atoms with van der Waals surface area (Å²) >= 11 is 0. The van der Waals surface area contributed by atoms with Crippen molar-refractivity contribution in [2.45, 2.75) is 26.4 Å². The smallest absolute Gasteiger partial charge is 0.262 e. The van der Waals surface area contributed by atoms with E-state index in [0.717, 1.165) is 23.8 Å². The second kappa shape index (κ2) is 6.16. The Balaban J connectivity index is 2.78. The zero-order valence-corrected chi connectivity index (χ0v) is 11.9. The van der Waals surface area contributed by atoms with Crippen LogP contribution in [-0.2, 0) is 20.7 Å². The summed E-state index contributed by atoms with van der Waals surface area (Å²) in [4.78, 5) is 0. The van der Waals surface area contributed by atoms with Crippen molar-refractivity contribution in [1.82, 2.24) is 0 Å². The van der Waals surface area contributed by atoms with Crippen LogP contribution in [0.3, 0.4) is 0 Å². The Bertz CT molecular complexity index is 491. The zero-order chi connectivity index (χ0) is 13.8. The summed E-state index contributed by atoms with van der Waals surface area (Å²) in [6.45, 7) is 7.57. The SMILES string of the molecule is C=C(C)C(OS(C)(=O)=O)[C@H](C)Cc1ccccc1. The number of benzene rings is 1. The largest absolute Gasteiger partial charge is 0.264 e. The van der Waals surface area contributed by atoms with Crippen LogP contribution in [0.15, 0.2) is 42.5 Å². The van der Waals surface area contributed by atoms with Crippen LogP contribution >= 0.6 is 0 Å². The highest BCUT2D eigenvalue weighted by Gasteiger charge is 2.23. The predicted molar refractivity (Wildman–Crippen MR) is 73.8 cm³/mol. The van der Waals surface area contributed by atoms with E-state index in [-0.39, 0.29) is 5.92 Å². The van der Waals surface area contributed by atoms with Crippen LogP contribution in [0.1, 0.15) is 19.4 Å². The van der Waals surface area contributed by atoms with Gasteiger partial charge in [0.1, 0.15) is 6.10 Å². The van der Waals surface area contributed by atoms with Crippen LogP contribution in [0.5, 0.6) is 0 Å². The summed E-state index contributed by atoms with van der Waals surface area (Å²) in [5.41, 5.74) is 1.89. The van der Waals surface area contributed by atoms with Crippen LogP contribution in [0.2, 0.25) is 0 Å². The fraction of sp³-hybridized carbons (Fsp3) is 0.429. The molecule has 0 amide bonds. The van der Waals surface area contributed by atoms with E-state index < -0.39 is 16.2 Å². The summed E-state index contributed by atoms with van der Waals surface area (Å²) in [5.74, 6) is 0.0552. The molecule has 0 aliphatic heterocycles. The monoisotopic (exact) mass is 268 g/mol. The molecule has 1 aromatic rings. The van der Waals surface area contributed by atoms with Gasteiger partial charge in [0.25, 0.3) is 10.1 Å². The summed E-state index contributed by atoms with van der Waals surface area (Å²) in [6, 6.07) is 9.93. The second-order valence-electron chi connectivity index (χ2n) is 4.73. The molecule has 0 saturated heterocycles. The van der Waals surface area contributed by atoms with Crippen LogP contribution in [-0.4, -0.2) is 20.8 Å². The minimum atomic E-state index is -3.47. The standard InChI is InChI=1S/C14H20O3S/c1-11(2)14(17-18(4,15)16)12(3)10-13-8-6-5-7-9-13/h5-9,12,14H,1,10H2,2-4H3/t12-,14?/m1/s1. The minimum absolute atomic E-state index is 0.0552. The highest BCUT2D eigenvalue weighted by Crippen LogP contribution is 2.21. The van der Waals surface area contributed by atoms with Crippen molar-refractivity contribution in [2.24, 2.45) is 5.92 Å². The van der Waals surface area contributed by atoms with Gasteiger partial charge < -0.3 is 0 Å². The first kappa shape index (κ1) is 14.9. The third-order valence-corrected chi connectivity index (χ3v) is 3.24. The molecular formula is C14H20O3S. The highest BCUT2D eigenvalue weighted by molar-refractivity contribution is 7.86. The molecule has 0 heterocycles. The lowest BCUT2D eigenvalue weighted by molar-refractivity contribution is 0.185. The van der Waals surface area contributed by atoms with Crippen molar-refractivity contribution in [1.29, 1.82) is 0 Å². The van der Waals surface area contributed by atoms with Gasteiger partial charge in [-0.15, -0.1) is 0 Å². The van der Waals surface area contributed by atoms with E-state index in [1.54, 1.807) is 6.92 Å². The van der Waals surface area contributed by atoms with Gasteiger partial charge in [0.15, 0.2) is 0 Å². The minimum Gasteiger partial charge on any atom is -0.262 e. The molecule has 2 atom stereocenters. The van der Waals surface area contributed by atoms with Gasteiger partial charge in [-0.1, -0.05) is 49.4 Å². The quantitative estimate of drug-likeness (QED) is 0.588. The van der Waals surface area contributed by atoms with Crippen LogP contribution in [0.4, 0.5) is 0 Å². The van der Waals surface area contributed by atoms with Gasteiger partial charge in [-0.05, 0) is 24.8 Å². The molecule has 0 radical (unpaired) electrons. The van der Waals surface area contributed by atoms with Gasteiger partial charge in [-0.2, -0.15) is 8.42 Å². The Morgan fingerprint density at radius 2 is 1.89 bits per heavy atom. The number of hydrogen-bond acceptors (Lipinski definition) is 3. The van der Waals surface area contributed by atoms with Crippen LogP contribution in [0.25, 0.3) is 0 Å². The molecule has 4 heteroatoms. The molecule has 0 N–H and O–H groups in total. The van der Waals surface area contributed by atoms with Gasteiger partial charge in [-0.25, -0.2) is 0 Å². The van der Waals surface area contributed by atoms with E-state index in [1.807, 2.05) is 37.3 Å². The highest BCUT2D eigenvalue weighted by atomic mass is 32.2. The first-order valence-corrected chi connectivity index (χ1v) is 7.69. The van der Waals surface area contributed by atoms with E-state index in [1.165, 1.54) is 0 Å². The molecule has 0 bridgehead atoms. The Hall–Kier alpha value is -1.13. The van der Waals surface area contributed by atoms with Crippen molar-refractivity contribution < 1.29 is 12.6 Å². The Labute approximate surface area is 110 Å². The summed E-state index contributed by atoms with van der Waals surface area (Å²) in [6.07, 6.45) is 1.35. The molecule has 100 valence electrons. The van der Waals surface area contributed by atoms with Crippen molar-refractivity contribution in [2.75, 3.05) is 6.26 Å². The Morgan fingerprint density at radius 3 is 2.33 bits per heavy atom. The summed E-state index contributed by atoms with van der Waals surface area (Å²) in [7, 11) is -3.47. The van der Waals surface area contributed by atoms with Crippen molar-refractivity contribution >= 4 is 10.1 Å². The molecule has 3 nitrogen and oxygen atoms in total. The topological polar surface area (TPSA) is 43.4 Å². The van der Waals surface area contributed by atoms with E-state index in [4.69, 9.17) is 4.18 Å². The van der Waals surface area contributed by atoms with Crippen LogP contribution < -0.4 is 0 Å². The molecule has 0 spiro atoms. The lowest BCUT2D eigenvalue weighted by Crippen LogP contribution is -2.27. The molecule has 0 aromatic heterocycles. The van der Waals surface area contributed by atoms with E-state index >= 15 is 0 Å². The third kappa shape index (κ3) is 5.02. The van der Waals surface area contributed by atoms with Gasteiger partial charge in [-0.3, -0.25) is 4.18 Å². The first-order valence-electron chi connectivity index (χ1n) is 5.87. The van der Waals surface area contributed by atoms with Crippen LogP contribution in [0, 0.1) is 5.92 Å². The van der Waals surface area contributed by atoms with Crippen molar-refractivity contribution in [3.63, 3.8) is 0 Å². The molecule has 0 aliphatic carbocycles. The molecule has 1 unspecified atom stereocenters. The molecule has 0 saturated carbocycles. The second-order valence-corrected chi connectivity index (χ2v) is 6.34. The number of hydrogen-bond donors (Lipinski definition) is 0. The summed E-state index contributed by atoms with van der Waals surface area (Å²) in [5, 5.41) is 0. The average molecular weight is 268 g/mol. The molecule has 1 aromatic carbocycles. The lowest BCUT2D eigenvalue weighted by Gasteiger charge is -2.23. The van der Waals surface area contributed by atoms with Gasteiger partial charge in [0.2, 0.25) is 0 Å². The van der Waals surface area contributed by atoms with E-state index in [2.05, 4.69) is 6.58 Å². The van der Waals surface area contributed by atoms with Crippen molar-refractivity contribution in [3.05, 3.63) is 48.0 Å². The maximum atomic E-state index is 11.2. The third-order valence-electron chi connectivity index (χ3n) is 2.68. The molecule has 0 fully saturated rings. The van der Waals surface area contributed by atoms with E-state index in [0.29, 0.717) is 0 Å². The number of rotatable bonds is 6. The predicted octanol–water partition coefficient (Wildman–Crippen LogP) is 2.79. The normalized spacial score (nSPS) is 15.1. The molecular weight excluding hydrogens is 248 g/mol. The maximum absolute atomic E-state index is 11.2. The van der Waals surface area contributed by atoms with Gasteiger partial charge in [0.05, 0.1) is 6.26 Å². The molecule has 0 aliphatic rings. The first-order chi connectivity index (χ1) is 8.29. The summed E-state index contributed by atoms with van der Waals surface area (Å²) < 4.78 is 27.6. The fourth-order valence-electron chi connectivity index (χ4n) is 1.94. The van der Waals surface area contributed by atoms with E-state index in [9.17, 15) is 8.42 Å². The fourth-order valence-corrected chi connectivity index (χ4v) is 2.67.